The topological polar surface area (TPSA) is 29.5 Å². The Bertz CT molecular complexity index is 292. The first kappa shape index (κ1) is 13.2. The van der Waals surface area contributed by atoms with Crippen molar-refractivity contribution < 1.29 is 9.84 Å². The third kappa shape index (κ3) is 3.62. The van der Waals surface area contributed by atoms with Crippen molar-refractivity contribution in [1.82, 2.24) is 0 Å². The van der Waals surface area contributed by atoms with Gasteiger partial charge in [-0.25, -0.2) is 0 Å². The Hall–Kier alpha value is -0.860. The summed E-state index contributed by atoms with van der Waals surface area (Å²) in [5.41, 5.74) is 2.47. The molecule has 0 bridgehead atoms. The van der Waals surface area contributed by atoms with Crippen LogP contribution >= 0.6 is 0 Å². The summed E-state index contributed by atoms with van der Waals surface area (Å²) in [6, 6.07) is 8.42. The summed E-state index contributed by atoms with van der Waals surface area (Å²) in [5, 5.41) is 9.48. The molecule has 0 aliphatic heterocycles. The van der Waals surface area contributed by atoms with Gasteiger partial charge in [-0.2, -0.15) is 0 Å². The number of hydrogen-bond acceptors (Lipinski definition) is 2. The van der Waals surface area contributed by atoms with Crippen LogP contribution in [0.25, 0.3) is 0 Å². The van der Waals surface area contributed by atoms with E-state index in [9.17, 15) is 5.11 Å². The van der Waals surface area contributed by atoms with Crippen LogP contribution in [-0.4, -0.2) is 25.4 Å². The van der Waals surface area contributed by atoms with E-state index in [2.05, 4.69) is 38.1 Å². The zero-order valence-electron chi connectivity index (χ0n) is 10.4. The predicted octanol–water partition coefficient (Wildman–Crippen LogP) is 2.74. The maximum atomic E-state index is 9.48. The lowest BCUT2D eigenvalue weighted by atomic mass is 9.86. The highest BCUT2D eigenvalue weighted by Crippen LogP contribution is 2.26. The maximum absolute atomic E-state index is 9.48. The summed E-state index contributed by atoms with van der Waals surface area (Å²) in [4.78, 5) is 0. The van der Waals surface area contributed by atoms with Gasteiger partial charge in [0.2, 0.25) is 0 Å². The van der Waals surface area contributed by atoms with E-state index < -0.39 is 0 Å². The largest absolute Gasteiger partial charge is 0.396 e. The van der Waals surface area contributed by atoms with Gasteiger partial charge in [-0.1, -0.05) is 36.8 Å². The number of aliphatic hydroxyl groups excluding tert-OH is 1. The van der Waals surface area contributed by atoms with Crippen LogP contribution in [0.5, 0.6) is 0 Å². The molecular weight excluding hydrogens is 200 g/mol. The van der Waals surface area contributed by atoms with Crippen LogP contribution in [0.2, 0.25) is 0 Å². The molecule has 0 heterocycles. The highest BCUT2D eigenvalue weighted by molar-refractivity contribution is 5.25. The predicted molar refractivity (Wildman–Crippen MR) is 66.7 cm³/mol. The first-order chi connectivity index (χ1) is 7.69. The first-order valence-corrected chi connectivity index (χ1v) is 5.85. The van der Waals surface area contributed by atoms with Crippen LogP contribution < -0.4 is 0 Å². The van der Waals surface area contributed by atoms with E-state index in [0.29, 0.717) is 5.92 Å². The molecule has 0 amide bonds. The Balaban J connectivity index is 2.69. The third-order valence-electron chi connectivity index (χ3n) is 3.17. The Morgan fingerprint density at radius 3 is 2.38 bits per heavy atom. The van der Waals surface area contributed by atoms with E-state index in [1.807, 2.05) is 0 Å². The SMILES string of the molecule is COCCC(C)C(CO)c1ccc(C)cc1. The molecule has 0 aliphatic carbocycles. The van der Waals surface area contributed by atoms with Gasteiger partial charge in [-0.05, 0) is 24.8 Å². The average molecular weight is 222 g/mol. The molecule has 2 unspecified atom stereocenters. The summed E-state index contributed by atoms with van der Waals surface area (Å²) in [6.07, 6.45) is 0.982. The van der Waals surface area contributed by atoms with E-state index in [4.69, 9.17) is 4.74 Å². The van der Waals surface area contributed by atoms with E-state index in [1.54, 1.807) is 7.11 Å². The van der Waals surface area contributed by atoms with Crippen molar-refractivity contribution in [3.05, 3.63) is 35.4 Å². The molecule has 0 aliphatic rings. The third-order valence-corrected chi connectivity index (χ3v) is 3.17. The van der Waals surface area contributed by atoms with Crippen molar-refractivity contribution in [2.75, 3.05) is 20.3 Å². The van der Waals surface area contributed by atoms with Crippen LogP contribution in [0, 0.1) is 12.8 Å². The first-order valence-electron chi connectivity index (χ1n) is 5.85. The number of hydrogen-bond donors (Lipinski definition) is 1. The molecule has 1 aromatic carbocycles. The van der Waals surface area contributed by atoms with Crippen LogP contribution in [0.15, 0.2) is 24.3 Å². The molecule has 90 valence electrons. The molecule has 0 saturated carbocycles. The van der Waals surface area contributed by atoms with Gasteiger partial charge in [0.1, 0.15) is 0 Å². The number of methoxy groups -OCH3 is 1. The molecule has 16 heavy (non-hydrogen) atoms. The van der Waals surface area contributed by atoms with Crippen LogP contribution in [0.1, 0.15) is 30.4 Å². The molecule has 2 nitrogen and oxygen atoms in total. The second-order valence-corrected chi connectivity index (χ2v) is 4.46. The normalized spacial score (nSPS) is 14.8. The number of ether oxygens (including phenoxy) is 1. The van der Waals surface area contributed by atoms with E-state index in [-0.39, 0.29) is 12.5 Å². The fraction of sp³-hybridized carbons (Fsp3) is 0.571. The molecule has 0 spiro atoms. The molecule has 0 aromatic heterocycles. The number of aryl methyl sites for hydroxylation is 1. The minimum Gasteiger partial charge on any atom is -0.396 e. The minimum atomic E-state index is 0.202. The van der Waals surface area contributed by atoms with Crippen LogP contribution in [0.4, 0.5) is 0 Å². The van der Waals surface area contributed by atoms with Gasteiger partial charge in [-0.15, -0.1) is 0 Å². The highest BCUT2D eigenvalue weighted by Gasteiger charge is 2.17. The smallest absolute Gasteiger partial charge is 0.0502 e. The van der Waals surface area contributed by atoms with Gasteiger partial charge in [-0.3, -0.25) is 0 Å². The van der Waals surface area contributed by atoms with Crippen molar-refractivity contribution in [1.29, 1.82) is 0 Å². The van der Waals surface area contributed by atoms with Gasteiger partial charge in [0.15, 0.2) is 0 Å². The summed E-state index contributed by atoms with van der Waals surface area (Å²) in [5.74, 6) is 0.656. The van der Waals surface area contributed by atoms with Gasteiger partial charge >= 0.3 is 0 Å². The number of rotatable bonds is 6. The van der Waals surface area contributed by atoms with Crippen molar-refractivity contribution in [3.8, 4) is 0 Å². The zero-order chi connectivity index (χ0) is 12.0. The molecule has 0 radical (unpaired) electrons. The van der Waals surface area contributed by atoms with E-state index in [1.165, 1.54) is 11.1 Å². The van der Waals surface area contributed by atoms with Crippen molar-refractivity contribution in [2.24, 2.45) is 5.92 Å². The molecule has 1 N–H and O–H groups in total. The van der Waals surface area contributed by atoms with Crippen molar-refractivity contribution in [3.63, 3.8) is 0 Å². The van der Waals surface area contributed by atoms with Gasteiger partial charge in [0.05, 0.1) is 6.61 Å². The summed E-state index contributed by atoms with van der Waals surface area (Å²) in [7, 11) is 1.71. The zero-order valence-corrected chi connectivity index (χ0v) is 10.4. The van der Waals surface area contributed by atoms with E-state index >= 15 is 0 Å². The summed E-state index contributed by atoms with van der Waals surface area (Å²) < 4.78 is 5.08. The summed E-state index contributed by atoms with van der Waals surface area (Å²) in [6.45, 7) is 5.20. The highest BCUT2D eigenvalue weighted by atomic mass is 16.5. The number of benzene rings is 1. The Kier molecular flexibility index (Phi) is 5.50. The molecule has 2 heteroatoms. The van der Waals surface area contributed by atoms with Crippen molar-refractivity contribution >= 4 is 0 Å². The molecule has 0 saturated heterocycles. The monoisotopic (exact) mass is 222 g/mol. The second kappa shape index (κ2) is 6.66. The summed E-state index contributed by atoms with van der Waals surface area (Å²) >= 11 is 0. The quantitative estimate of drug-likeness (QED) is 0.802. The molecule has 0 fully saturated rings. The maximum Gasteiger partial charge on any atom is 0.0502 e. The Morgan fingerprint density at radius 1 is 1.25 bits per heavy atom. The second-order valence-electron chi connectivity index (χ2n) is 4.46. The Morgan fingerprint density at radius 2 is 1.88 bits per heavy atom. The standard InChI is InChI=1S/C14H22O2/c1-11-4-6-13(7-5-11)14(10-15)12(2)8-9-16-3/h4-7,12,14-15H,8-10H2,1-3H3. The van der Waals surface area contributed by atoms with Gasteiger partial charge < -0.3 is 9.84 Å². The van der Waals surface area contributed by atoms with Crippen LogP contribution in [-0.2, 0) is 4.74 Å². The van der Waals surface area contributed by atoms with Crippen LogP contribution in [0.3, 0.4) is 0 Å². The molecule has 2 atom stereocenters. The average Bonchev–Trinajstić information content (AvgIpc) is 2.30. The Labute approximate surface area is 98.3 Å². The molecule has 1 rings (SSSR count). The lowest BCUT2D eigenvalue weighted by molar-refractivity contribution is 0.159. The fourth-order valence-electron chi connectivity index (χ4n) is 1.93. The lowest BCUT2D eigenvalue weighted by Gasteiger charge is -2.22. The lowest BCUT2D eigenvalue weighted by Crippen LogP contribution is -2.15. The van der Waals surface area contributed by atoms with Gasteiger partial charge in [0.25, 0.3) is 0 Å². The van der Waals surface area contributed by atoms with Crippen molar-refractivity contribution in [2.45, 2.75) is 26.2 Å². The fourth-order valence-corrected chi connectivity index (χ4v) is 1.93. The molecular formula is C14H22O2. The van der Waals surface area contributed by atoms with E-state index in [0.717, 1.165) is 13.0 Å². The number of aliphatic hydroxyl groups is 1. The van der Waals surface area contributed by atoms with Gasteiger partial charge in [0, 0.05) is 19.6 Å². The molecule has 1 aromatic rings. The minimum absolute atomic E-state index is 0.202.